The van der Waals surface area contributed by atoms with Crippen LogP contribution >= 0.6 is 23.3 Å². The predicted octanol–water partition coefficient (Wildman–Crippen LogP) is -1.21. The number of rotatable bonds is 7. The minimum absolute atomic E-state index is 0.000727. The minimum atomic E-state index is -1.68. The van der Waals surface area contributed by atoms with Crippen LogP contribution in [0.25, 0.3) is 0 Å². The largest absolute Gasteiger partial charge is 0.512 e. The van der Waals surface area contributed by atoms with E-state index in [1.807, 2.05) is 0 Å². The molecule has 176 valence electrons. The Morgan fingerprint density at radius 1 is 1.36 bits per heavy atom. The minimum Gasteiger partial charge on any atom is -0.461 e. The van der Waals surface area contributed by atoms with Crippen molar-refractivity contribution in [3.63, 3.8) is 0 Å². The Balaban J connectivity index is 1.79. The van der Waals surface area contributed by atoms with E-state index in [-0.39, 0.29) is 34.8 Å². The summed E-state index contributed by atoms with van der Waals surface area (Å²) in [5, 5.41) is 14.0. The van der Waals surface area contributed by atoms with Crippen molar-refractivity contribution in [1.29, 1.82) is 0 Å². The number of nitrogens with zero attached hydrogens (tertiary/aromatic N) is 4. The van der Waals surface area contributed by atoms with Gasteiger partial charge in [0.15, 0.2) is 5.13 Å². The topological polar surface area (TPSA) is 239 Å². The van der Waals surface area contributed by atoms with Crippen LogP contribution in [0, 0.1) is 0 Å². The van der Waals surface area contributed by atoms with Gasteiger partial charge in [0.1, 0.15) is 18.0 Å². The van der Waals surface area contributed by atoms with Crippen LogP contribution in [0.15, 0.2) is 16.6 Å². The maximum absolute atomic E-state index is 12.7. The van der Waals surface area contributed by atoms with Gasteiger partial charge in [0.25, 0.3) is 11.8 Å². The van der Waals surface area contributed by atoms with Crippen molar-refractivity contribution >= 4 is 64.2 Å². The van der Waals surface area contributed by atoms with Gasteiger partial charge in [-0.3, -0.25) is 24.1 Å². The third kappa shape index (κ3) is 5.29. The molecule has 6 N–H and O–H groups in total. The molecule has 0 radical (unpaired) electrons. The monoisotopic (exact) mass is 501 g/mol. The molecule has 1 saturated heterocycles. The Morgan fingerprint density at radius 3 is 2.67 bits per heavy atom. The lowest BCUT2D eigenvalue weighted by atomic mass is 10.1. The van der Waals surface area contributed by atoms with Gasteiger partial charge >= 0.3 is 18.2 Å². The van der Waals surface area contributed by atoms with Crippen LogP contribution < -0.4 is 16.8 Å². The van der Waals surface area contributed by atoms with E-state index in [0.29, 0.717) is 0 Å². The summed E-state index contributed by atoms with van der Waals surface area (Å²) in [6, 6.07) is -1.13. The molecule has 16 nitrogen and oxygen atoms in total. The number of primary amides is 1. The Morgan fingerprint density at radius 2 is 2.09 bits per heavy atom. The first kappa shape index (κ1) is 23.7. The number of carboxylic acid groups (broad SMARTS) is 1. The Hall–Kier alpha value is -3.93. The molecule has 0 aromatic carbocycles. The molecule has 1 aromatic rings. The molecule has 18 heteroatoms. The fourth-order valence-corrected chi connectivity index (χ4v) is 4.45. The number of carbonyl (C=O) groups excluding carboxylic acids is 4. The number of nitrogen functional groups attached to an aromatic ring is 1. The fourth-order valence-electron chi connectivity index (χ4n) is 2.71. The molecule has 3 amide bonds. The molecular weight excluding hydrogens is 486 g/mol. The third-order valence-corrected chi connectivity index (χ3v) is 5.89. The van der Waals surface area contributed by atoms with Crippen molar-refractivity contribution in [2.45, 2.75) is 18.3 Å². The zero-order valence-electron chi connectivity index (χ0n) is 16.5. The van der Waals surface area contributed by atoms with Gasteiger partial charge in [0, 0.05) is 29.8 Å². The third-order valence-electron chi connectivity index (χ3n) is 4.01. The van der Waals surface area contributed by atoms with Gasteiger partial charge in [-0.25, -0.2) is 9.59 Å². The fraction of sp³-hybridized carbons (Fsp3) is 0.333. The second kappa shape index (κ2) is 9.69. The summed E-state index contributed by atoms with van der Waals surface area (Å²) in [5.74, 6) is -2.73. The summed E-state index contributed by atoms with van der Waals surface area (Å²) >= 11 is 1.91. The van der Waals surface area contributed by atoms with E-state index in [1.54, 1.807) is 0 Å². The molecular formula is C15H15N7O9S2. The van der Waals surface area contributed by atoms with Gasteiger partial charge in [-0.1, -0.05) is 5.16 Å². The van der Waals surface area contributed by atoms with Gasteiger partial charge in [0.05, 0.1) is 0 Å². The Labute approximate surface area is 192 Å². The maximum Gasteiger partial charge on any atom is 0.512 e. The molecule has 0 saturated carbocycles. The van der Waals surface area contributed by atoms with Crippen LogP contribution in [-0.4, -0.2) is 78.9 Å². The smallest absolute Gasteiger partial charge is 0.461 e. The molecule has 1 fully saturated rings. The number of hydrogen-bond acceptors (Lipinski definition) is 14. The van der Waals surface area contributed by atoms with Crippen LogP contribution in [0.2, 0.25) is 0 Å². The van der Waals surface area contributed by atoms with Crippen LogP contribution in [0.1, 0.15) is 12.7 Å². The Kier molecular flexibility index (Phi) is 6.97. The summed E-state index contributed by atoms with van der Waals surface area (Å²) in [7, 11) is 0. The van der Waals surface area contributed by atoms with Crippen molar-refractivity contribution in [1.82, 2.24) is 19.6 Å². The van der Waals surface area contributed by atoms with Crippen molar-refractivity contribution in [3.8, 4) is 0 Å². The molecule has 3 heterocycles. The number of anilines is 1. The Bertz CT molecular complexity index is 1090. The molecule has 2 atom stereocenters. The van der Waals surface area contributed by atoms with Crippen molar-refractivity contribution in [2.75, 3.05) is 18.1 Å². The molecule has 0 unspecified atom stereocenters. The molecule has 2 aliphatic rings. The predicted molar refractivity (Wildman–Crippen MR) is 109 cm³/mol. The van der Waals surface area contributed by atoms with E-state index in [4.69, 9.17) is 26.0 Å². The van der Waals surface area contributed by atoms with Crippen LogP contribution in [0.3, 0.4) is 0 Å². The SMILES string of the molecule is CC(=O)OCC1=C(OC(=O)O)N2C(=O)[C@@H](NC(=O)/C(=N\OC(N)=O)c3nsc(N)n3)[C@@H]2SC1. The first-order chi connectivity index (χ1) is 15.6. The van der Waals surface area contributed by atoms with E-state index in [0.717, 1.165) is 28.2 Å². The van der Waals surface area contributed by atoms with Crippen molar-refractivity contribution in [3.05, 3.63) is 17.3 Å². The summed E-state index contributed by atoms with van der Waals surface area (Å²) in [4.78, 5) is 67.6. The number of nitrogens with one attached hydrogen (secondary N) is 1. The zero-order chi connectivity index (χ0) is 24.3. The molecule has 0 bridgehead atoms. The average molecular weight is 501 g/mol. The summed E-state index contributed by atoms with van der Waals surface area (Å²) in [5.41, 5.74) is 10.0. The number of hydrogen-bond donors (Lipinski definition) is 4. The number of amides is 3. The summed E-state index contributed by atoms with van der Waals surface area (Å²) < 4.78 is 13.4. The van der Waals surface area contributed by atoms with Crippen LogP contribution in [0.5, 0.6) is 0 Å². The normalized spacial score (nSPS) is 19.8. The summed E-state index contributed by atoms with van der Waals surface area (Å²) in [6.45, 7) is 0.889. The highest BCUT2D eigenvalue weighted by Crippen LogP contribution is 2.40. The maximum atomic E-state index is 12.7. The average Bonchev–Trinajstić information content (AvgIpc) is 3.15. The van der Waals surface area contributed by atoms with Crippen molar-refractivity contribution in [2.24, 2.45) is 10.9 Å². The molecule has 2 aliphatic heterocycles. The second-order valence-corrected chi connectivity index (χ2v) is 8.11. The van der Waals surface area contributed by atoms with E-state index >= 15 is 0 Å². The highest BCUT2D eigenvalue weighted by molar-refractivity contribution is 8.00. The van der Waals surface area contributed by atoms with E-state index in [1.165, 1.54) is 6.92 Å². The van der Waals surface area contributed by atoms with Gasteiger partial charge in [0.2, 0.25) is 17.4 Å². The lowest BCUT2D eigenvalue weighted by Gasteiger charge is -2.49. The number of ether oxygens (including phenoxy) is 2. The quantitative estimate of drug-likeness (QED) is 0.113. The number of β-lactam (4-membered cyclic amide) rings is 1. The second-order valence-electron chi connectivity index (χ2n) is 6.22. The zero-order valence-corrected chi connectivity index (χ0v) is 18.2. The lowest BCUT2D eigenvalue weighted by molar-refractivity contribution is -0.148. The number of fused-ring (bicyclic) bond motifs is 1. The number of aromatic nitrogens is 2. The highest BCUT2D eigenvalue weighted by atomic mass is 32.2. The molecule has 3 rings (SSSR count). The number of oxime groups is 1. The molecule has 1 aromatic heterocycles. The van der Waals surface area contributed by atoms with Gasteiger partial charge in [-0.05, 0) is 0 Å². The van der Waals surface area contributed by atoms with Gasteiger partial charge < -0.3 is 31.4 Å². The molecule has 33 heavy (non-hydrogen) atoms. The number of thioether (sulfide) groups is 1. The first-order valence-corrected chi connectivity index (χ1v) is 10.6. The summed E-state index contributed by atoms with van der Waals surface area (Å²) in [6.07, 6.45) is -2.99. The molecule has 0 aliphatic carbocycles. The van der Waals surface area contributed by atoms with Gasteiger partial charge in [-0.15, -0.1) is 11.8 Å². The van der Waals surface area contributed by atoms with Crippen LogP contribution in [-0.2, 0) is 28.7 Å². The van der Waals surface area contributed by atoms with E-state index < -0.39 is 47.2 Å². The van der Waals surface area contributed by atoms with E-state index in [2.05, 4.69) is 24.7 Å². The number of carbonyl (C=O) groups is 5. The van der Waals surface area contributed by atoms with Crippen LogP contribution in [0.4, 0.5) is 14.7 Å². The highest BCUT2D eigenvalue weighted by Gasteiger charge is 2.54. The van der Waals surface area contributed by atoms with Crippen molar-refractivity contribution < 1.29 is 43.4 Å². The van der Waals surface area contributed by atoms with E-state index in [9.17, 15) is 24.0 Å². The number of nitrogens with two attached hydrogens (primary N) is 2. The lowest BCUT2D eigenvalue weighted by Crippen LogP contribution is -2.70. The first-order valence-electron chi connectivity index (χ1n) is 8.74. The number of esters is 1. The molecule has 0 spiro atoms. The standard InChI is InChI=1S/C15H15N7O9S2/c1-4(23)29-2-5-3-32-12-7(10(25)22(12)11(5)30-15(27)28)18-9(24)6(20-31-14(17)26)8-19-13(16)33-21-8/h7,12H,2-3H2,1H3,(H2,17,26)(H,18,24)(H,27,28)(H2,16,19,21)/b20-6-/t7-,12+/m1/s1. The van der Waals surface area contributed by atoms with Gasteiger partial charge in [-0.2, -0.15) is 9.36 Å².